The van der Waals surface area contributed by atoms with Crippen molar-refractivity contribution in [2.24, 2.45) is 0 Å². The van der Waals surface area contributed by atoms with Gasteiger partial charge in [0.25, 0.3) is 5.56 Å². The first-order chi connectivity index (χ1) is 13.0. The summed E-state index contributed by atoms with van der Waals surface area (Å²) in [6, 6.07) is 10.8. The molecule has 1 N–H and O–H groups in total. The first-order valence-electron chi connectivity index (χ1n) is 8.37. The van der Waals surface area contributed by atoms with E-state index >= 15 is 0 Å². The topological polar surface area (TPSA) is 81.3 Å². The largest absolute Gasteiger partial charge is 0.349 e. The molecule has 0 bridgehead atoms. The smallest absolute Gasteiger partial charge is 0.275 e. The molecular weight excluding hydrogens is 366 g/mol. The molecule has 0 radical (unpaired) electrons. The molecule has 3 aromatic heterocycles. The number of halogens is 1. The minimum absolute atomic E-state index is 0.149. The van der Waals surface area contributed by atoms with Gasteiger partial charge in [0.1, 0.15) is 12.2 Å². The molecule has 0 unspecified atom stereocenters. The van der Waals surface area contributed by atoms with Gasteiger partial charge in [0, 0.05) is 17.8 Å². The summed E-state index contributed by atoms with van der Waals surface area (Å²) in [7, 11) is 0. The van der Waals surface area contributed by atoms with Gasteiger partial charge in [-0.3, -0.25) is 9.59 Å². The van der Waals surface area contributed by atoms with Crippen LogP contribution in [0.2, 0.25) is 5.02 Å². The van der Waals surface area contributed by atoms with E-state index in [4.69, 9.17) is 11.6 Å². The third-order valence-electron chi connectivity index (χ3n) is 4.28. The Kier molecular flexibility index (Phi) is 4.37. The molecule has 8 heteroatoms. The zero-order valence-corrected chi connectivity index (χ0v) is 15.3. The van der Waals surface area contributed by atoms with Gasteiger partial charge in [0.05, 0.1) is 28.3 Å². The first-order valence-corrected chi connectivity index (χ1v) is 8.75. The van der Waals surface area contributed by atoms with Crippen molar-refractivity contribution in [3.05, 3.63) is 75.6 Å². The predicted octanol–water partition coefficient (Wildman–Crippen LogP) is 2.32. The number of aryl methyl sites for hydroxylation is 1. The highest BCUT2D eigenvalue weighted by molar-refractivity contribution is 6.30. The Bertz CT molecular complexity index is 1230. The highest BCUT2D eigenvalue weighted by Gasteiger charge is 2.11. The summed E-state index contributed by atoms with van der Waals surface area (Å²) >= 11 is 5.96. The summed E-state index contributed by atoms with van der Waals surface area (Å²) in [4.78, 5) is 29.2. The number of hydrogen-bond acceptors (Lipinski definition) is 4. The molecule has 0 aliphatic carbocycles. The summed E-state index contributed by atoms with van der Waals surface area (Å²) in [6.07, 6.45) is 3.54. The van der Waals surface area contributed by atoms with Gasteiger partial charge in [-0.05, 0) is 25.1 Å². The fourth-order valence-electron chi connectivity index (χ4n) is 3.00. The van der Waals surface area contributed by atoms with Crippen LogP contribution in [0, 0.1) is 6.92 Å². The van der Waals surface area contributed by atoms with Crippen LogP contribution in [0.3, 0.4) is 0 Å². The van der Waals surface area contributed by atoms with Crippen LogP contribution in [0.4, 0.5) is 0 Å². The lowest BCUT2D eigenvalue weighted by molar-refractivity contribution is -0.122. The molecule has 4 aromatic rings. The fraction of sp³-hybridized carbons (Fsp3) is 0.158. The Morgan fingerprint density at radius 2 is 1.93 bits per heavy atom. The molecule has 1 aromatic carbocycles. The maximum absolute atomic E-state index is 12.5. The number of benzene rings is 1. The number of pyridine rings is 1. The summed E-state index contributed by atoms with van der Waals surface area (Å²) < 4.78 is 2.99. The third-order valence-corrected chi connectivity index (χ3v) is 4.50. The second-order valence-electron chi connectivity index (χ2n) is 6.22. The molecule has 4 rings (SSSR count). The lowest BCUT2D eigenvalue weighted by atomic mass is 10.1. The van der Waals surface area contributed by atoms with Crippen molar-refractivity contribution in [3.63, 3.8) is 0 Å². The zero-order chi connectivity index (χ0) is 19.0. The molecule has 0 fully saturated rings. The highest BCUT2D eigenvalue weighted by atomic mass is 35.5. The van der Waals surface area contributed by atoms with Crippen molar-refractivity contribution in [3.8, 4) is 0 Å². The molecule has 3 heterocycles. The van der Waals surface area contributed by atoms with E-state index in [1.54, 1.807) is 41.1 Å². The number of nitrogens with zero attached hydrogens (tertiary/aromatic N) is 4. The number of fused-ring (bicyclic) bond motifs is 2. The van der Waals surface area contributed by atoms with E-state index in [2.05, 4.69) is 15.4 Å². The van der Waals surface area contributed by atoms with E-state index in [1.165, 1.54) is 4.68 Å². The highest BCUT2D eigenvalue weighted by Crippen LogP contribution is 2.12. The van der Waals surface area contributed by atoms with Crippen molar-refractivity contribution in [2.75, 3.05) is 0 Å². The molecule has 0 spiro atoms. The Morgan fingerprint density at radius 1 is 1.15 bits per heavy atom. The number of amides is 1. The first kappa shape index (κ1) is 17.2. The van der Waals surface area contributed by atoms with Gasteiger partial charge >= 0.3 is 0 Å². The maximum atomic E-state index is 12.5. The van der Waals surface area contributed by atoms with E-state index in [1.807, 2.05) is 19.1 Å². The SMILES string of the molecule is Cc1nn(CC(=O)NCc2cn3cc(Cl)ccc3n2)c(=O)c2ccccc12. The van der Waals surface area contributed by atoms with Crippen molar-refractivity contribution < 1.29 is 4.79 Å². The third kappa shape index (κ3) is 3.41. The van der Waals surface area contributed by atoms with Crippen LogP contribution >= 0.6 is 11.6 Å². The zero-order valence-electron chi connectivity index (χ0n) is 14.5. The summed E-state index contributed by atoms with van der Waals surface area (Å²) in [5.41, 5.74) is 1.86. The predicted molar refractivity (Wildman–Crippen MR) is 103 cm³/mol. The number of imidazole rings is 1. The molecule has 27 heavy (non-hydrogen) atoms. The summed E-state index contributed by atoms with van der Waals surface area (Å²) in [6.45, 7) is 1.92. The molecule has 0 saturated heterocycles. The Balaban J connectivity index is 1.50. The number of carbonyl (C=O) groups is 1. The van der Waals surface area contributed by atoms with Crippen LogP contribution in [-0.2, 0) is 17.9 Å². The van der Waals surface area contributed by atoms with Gasteiger partial charge in [0.2, 0.25) is 5.91 Å². The summed E-state index contributed by atoms with van der Waals surface area (Å²) in [5, 5.41) is 8.97. The van der Waals surface area contributed by atoms with Crippen molar-refractivity contribution in [2.45, 2.75) is 20.0 Å². The van der Waals surface area contributed by atoms with Gasteiger partial charge in [-0.1, -0.05) is 29.8 Å². The molecule has 1 amide bonds. The van der Waals surface area contributed by atoms with Gasteiger partial charge < -0.3 is 9.72 Å². The monoisotopic (exact) mass is 381 g/mol. The number of carbonyl (C=O) groups excluding carboxylic acids is 1. The molecule has 0 aliphatic heterocycles. The Labute approximate surface area is 159 Å². The van der Waals surface area contributed by atoms with Crippen molar-refractivity contribution in [1.82, 2.24) is 24.5 Å². The van der Waals surface area contributed by atoms with Crippen molar-refractivity contribution >= 4 is 33.9 Å². The van der Waals surface area contributed by atoms with Crippen LogP contribution in [0.5, 0.6) is 0 Å². The van der Waals surface area contributed by atoms with E-state index in [0.29, 0.717) is 21.8 Å². The average molecular weight is 382 g/mol. The Morgan fingerprint density at radius 3 is 2.74 bits per heavy atom. The van der Waals surface area contributed by atoms with E-state index in [-0.39, 0.29) is 24.6 Å². The van der Waals surface area contributed by atoms with Crippen LogP contribution in [-0.4, -0.2) is 25.1 Å². The summed E-state index contributed by atoms with van der Waals surface area (Å²) in [5.74, 6) is -0.311. The maximum Gasteiger partial charge on any atom is 0.275 e. The van der Waals surface area contributed by atoms with Gasteiger partial charge in [-0.2, -0.15) is 5.10 Å². The fourth-order valence-corrected chi connectivity index (χ4v) is 3.16. The van der Waals surface area contributed by atoms with E-state index < -0.39 is 0 Å². The minimum Gasteiger partial charge on any atom is -0.349 e. The molecule has 0 saturated carbocycles. The molecular formula is C19H16ClN5O2. The normalized spacial score (nSPS) is 11.2. The van der Waals surface area contributed by atoms with Crippen molar-refractivity contribution in [1.29, 1.82) is 0 Å². The van der Waals surface area contributed by atoms with Gasteiger partial charge in [0.15, 0.2) is 0 Å². The van der Waals surface area contributed by atoms with Gasteiger partial charge in [-0.25, -0.2) is 9.67 Å². The van der Waals surface area contributed by atoms with Gasteiger partial charge in [-0.15, -0.1) is 0 Å². The second-order valence-corrected chi connectivity index (χ2v) is 6.65. The van der Waals surface area contributed by atoms with Crippen LogP contribution in [0.25, 0.3) is 16.4 Å². The molecule has 0 aliphatic rings. The number of rotatable bonds is 4. The lowest BCUT2D eigenvalue weighted by Gasteiger charge is -2.08. The van der Waals surface area contributed by atoms with Crippen LogP contribution in [0.15, 0.2) is 53.6 Å². The van der Waals surface area contributed by atoms with Crippen LogP contribution in [0.1, 0.15) is 11.4 Å². The van der Waals surface area contributed by atoms with E-state index in [0.717, 1.165) is 11.0 Å². The molecule has 7 nitrogen and oxygen atoms in total. The Hall–Kier alpha value is -3.19. The standard InChI is InChI=1S/C19H16ClN5O2/c1-12-15-4-2-3-5-16(15)19(27)25(23-12)11-18(26)21-8-14-10-24-9-13(20)6-7-17(24)22-14/h2-7,9-10H,8,11H2,1H3,(H,21,26). The number of aromatic nitrogens is 4. The second kappa shape index (κ2) is 6.85. The lowest BCUT2D eigenvalue weighted by Crippen LogP contribution is -2.33. The minimum atomic E-state index is -0.311. The van der Waals surface area contributed by atoms with Crippen LogP contribution < -0.4 is 10.9 Å². The average Bonchev–Trinajstić information content (AvgIpc) is 3.06. The molecule has 136 valence electrons. The van der Waals surface area contributed by atoms with E-state index in [9.17, 15) is 9.59 Å². The quantitative estimate of drug-likeness (QED) is 0.588. The molecule has 0 atom stereocenters. The number of hydrogen-bond donors (Lipinski definition) is 1. The number of nitrogens with one attached hydrogen (secondary N) is 1.